The summed E-state index contributed by atoms with van der Waals surface area (Å²) in [6.07, 6.45) is 5.28. The van der Waals surface area contributed by atoms with Crippen LogP contribution in [0.5, 0.6) is 0 Å². The lowest BCUT2D eigenvalue weighted by molar-refractivity contribution is -0.144. The Morgan fingerprint density at radius 2 is 1.85 bits per heavy atom. The molecule has 0 spiro atoms. The number of hydrogen-bond acceptors (Lipinski definition) is 3. The molecule has 1 N–H and O–H groups in total. The highest BCUT2D eigenvalue weighted by Gasteiger charge is 2.18. The molecular weight excluding hydrogens is 250 g/mol. The molecule has 0 heterocycles. The SMILES string of the molecule is CCCCc1ccc(NC(CCC)C(=O)OCC)cc1. The van der Waals surface area contributed by atoms with Crippen LogP contribution in [0.4, 0.5) is 5.69 Å². The maximum atomic E-state index is 11.9. The van der Waals surface area contributed by atoms with E-state index in [9.17, 15) is 4.79 Å². The van der Waals surface area contributed by atoms with Gasteiger partial charge < -0.3 is 10.1 Å². The van der Waals surface area contributed by atoms with Crippen LogP contribution in [0.3, 0.4) is 0 Å². The molecule has 112 valence electrons. The Hall–Kier alpha value is -1.51. The molecule has 3 heteroatoms. The number of hydrogen-bond donors (Lipinski definition) is 1. The van der Waals surface area contributed by atoms with Crippen molar-refractivity contribution in [2.24, 2.45) is 0 Å². The summed E-state index contributed by atoms with van der Waals surface area (Å²) in [5.74, 6) is -0.163. The lowest BCUT2D eigenvalue weighted by atomic mass is 10.1. The van der Waals surface area contributed by atoms with Gasteiger partial charge in [-0.15, -0.1) is 0 Å². The fourth-order valence-electron chi connectivity index (χ4n) is 2.13. The minimum absolute atomic E-state index is 0.163. The second kappa shape index (κ2) is 9.40. The Labute approximate surface area is 122 Å². The lowest BCUT2D eigenvalue weighted by Gasteiger charge is -2.18. The second-order valence-corrected chi connectivity index (χ2v) is 5.04. The van der Waals surface area contributed by atoms with Crippen molar-refractivity contribution < 1.29 is 9.53 Å². The maximum absolute atomic E-state index is 11.9. The maximum Gasteiger partial charge on any atom is 0.328 e. The van der Waals surface area contributed by atoms with E-state index in [4.69, 9.17) is 4.74 Å². The average Bonchev–Trinajstić information content (AvgIpc) is 2.46. The van der Waals surface area contributed by atoms with E-state index in [0.717, 1.165) is 24.9 Å². The quantitative estimate of drug-likeness (QED) is 0.688. The Bertz CT molecular complexity index is 386. The van der Waals surface area contributed by atoms with Crippen molar-refractivity contribution in [3.8, 4) is 0 Å². The summed E-state index contributed by atoms with van der Waals surface area (Å²) in [5, 5.41) is 3.27. The number of rotatable bonds is 9. The number of ether oxygens (including phenoxy) is 1. The van der Waals surface area contributed by atoms with Crippen molar-refractivity contribution in [1.29, 1.82) is 0 Å². The topological polar surface area (TPSA) is 38.3 Å². The summed E-state index contributed by atoms with van der Waals surface area (Å²) in [6, 6.07) is 8.11. The summed E-state index contributed by atoms with van der Waals surface area (Å²) < 4.78 is 5.10. The van der Waals surface area contributed by atoms with Crippen LogP contribution in [-0.2, 0) is 16.0 Å². The van der Waals surface area contributed by atoms with Gasteiger partial charge in [0.15, 0.2) is 0 Å². The molecule has 3 nitrogen and oxygen atoms in total. The highest BCUT2D eigenvalue weighted by Crippen LogP contribution is 2.15. The largest absolute Gasteiger partial charge is 0.464 e. The number of nitrogens with one attached hydrogen (secondary N) is 1. The third kappa shape index (κ3) is 5.64. The Kier molecular flexibility index (Phi) is 7.78. The molecule has 0 amide bonds. The zero-order valence-corrected chi connectivity index (χ0v) is 12.9. The predicted molar refractivity (Wildman–Crippen MR) is 84.0 cm³/mol. The van der Waals surface area contributed by atoms with E-state index >= 15 is 0 Å². The zero-order chi connectivity index (χ0) is 14.8. The van der Waals surface area contributed by atoms with Crippen molar-refractivity contribution in [3.63, 3.8) is 0 Å². The van der Waals surface area contributed by atoms with Gasteiger partial charge >= 0.3 is 5.97 Å². The fourth-order valence-corrected chi connectivity index (χ4v) is 2.13. The van der Waals surface area contributed by atoms with Gasteiger partial charge in [-0.1, -0.05) is 38.8 Å². The summed E-state index contributed by atoms with van der Waals surface area (Å²) in [6.45, 7) is 6.53. The number of carbonyl (C=O) groups excluding carboxylic acids is 1. The molecule has 0 saturated carbocycles. The van der Waals surface area contributed by atoms with Crippen LogP contribution in [0.25, 0.3) is 0 Å². The normalized spacial score (nSPS) is 11.9. The van der Waals surface area contributed by atoms with Crippen LogP contribution in [0, 0.1) is 0 Å². The molecule has 0 bridgehead atoms. The predicted octanol–water partition coefficient (Wildman–Crippen LogP) is 4.17. The highest BCUT2D eigenvalue weighted by molar-refractivity contribution is 5.79. The Morgan fingerprint density at radius 1 is 1.15 bits per heavy atom. The van der Waals surface area contributed by atoms with E-state index < -0.39 is 0 Å². The van der Waals surface area contributed by atoms with Gasteiger partial charge in [-0.05, 0) is 43.9 Å². The minimum atomic E-state index is -0.249. The third-order valence-electron chi connectivity index (χ3n) is 3.26. The molecule has 0 aromatic heterocycles. The first-order chi connectivity index (χ1) is 9.71. The second-order valence-electron chi connectivity index (χ2n) is 5.04. The van der Waals surface area contributed by atoms with E-state index in [1.165, 1.54) is 18.4 Å². The molecule has 0 aliphatic heterocycles. The van der Waals surface area contributed by atoms with Crippen molar-refractivity contribution in [2.75, 3.05) is 11.9 Å². The standard InChI is InChI=1S/C17H27NO2/c1-4-7-9-14-10-12-15(13-11-14)18-16(8-5-2)17(19)20-6-3/h10-13,16,18H,4-9H2,1-3H3. The highest BCUT2D eigenvalue weighted by atomic mass is 16.5. The number of aryl methyl sites for hydroxylation is 1. The summed E-state index contributed by atoms with van der Waals surface area (Å²) in [5.41, 5.74) is 2.33. The molecule has 0 aliphatic carbocycles. The first kappa shape index (κ1) is 16.5. The van der Waals surface area contributed by atoms with Crippen molar-refractivity contribution in [3.05, 3.63) is 29.8 Å². The van der Waals surface area contributed by atoms with Crippen molar-refractivity contribution >= 4 is 11.7 Å². The summed E-state index contributed by atoms with van der Waals surface area (Å²) in [4.78, 5) is 11.9. The molecule has 1 aromatic rings. The monoisotopic (exact) mass is 277 g/mol. The van der Waals surface area contributed by atoms with Crippen molar-refractivity contribution in [1.82, 2.24) is 0 Å². The molecular formula is C17H27NO2. The van der Waals surface area contributed by atoms with Crippen LogP contribution in [0.1, 0.15) is 52.0 Å². The molecule has 1 rings (SSSR count). The molecule has 0 aliphatic rings. The lowest BCUT2D eigenvalue weighted by Crippen LogP contribution is -2.31. The fraction of sp³-hybridized carbons (Fsp3) is 0.588. The van der Waals surface area contributed by atoms with Gasteiger partial charge in [-0.25, -0.2) is 4.79 Å². The van der Waals surface area contributed by atoms with E-state index in [1.807, 2.05) is 19.1 Å². The Morgan fingerprint density at radius 3 is 2.40 bits per heavy atom. The third-order valence-corrected chi connectivity index (χ3v) is 3.26. The van der Waals surface area contributed by atoms with Crippen LogP contribution in [0.2, 0.25) is 0 Å². The van der Waals surface area contributed by atoms with Crippen LogP contribution in [-0.4, -0.2) is 18.6 Å². The number of carbonyl (C=O) groups is 1. The molecule has 0 fully saturated rings. The van der Waals surface area contributed by atoms with E-state index in [2.05, 4.69) is 31.3 Å². The molecule has 1 aromatic carbocycles. The molecule has 1 unspecified atom stereocenters. The number of anilines is 1. The zero-order valence-electron chi connectivity index (χ0n) is 12.9. The van der Waals surface area contributed by atoms with Gasteiger partial charge in [-0.2, -0.15) is 0 Å². The van der Waals surface area contributed by atoms with Gasteiger partial charge in [0.05, 0.1) is 6.61 Å². The first-order valence-corrected chi connectivity index (χ1v) is 7.73. The van der Waals surface area contributed by atoms with Gasteiger partial charge in [0, 0.05) is 5.69 Å². The van der Waals surface area contributed by atoms with Crippen LogP contribution < -0.4 is 5.32 Å². The van der Waals surface area contributed by atoms with Gasteiger partial charge in [0.1, 0.15) is 6.04 Å². The van der Waals surface area contributed by atoms with Crippen LogP contribution >= 0.6 is 0 Å². The molecule has 0 saturated heterocycles. The van der Waals surface area contributed by atoms with Gasteiger partial charge in [-0.3, -0.25) is 0 Å². The average molecular weight is 277 g/mol. The van der Waals surface area contributed by atoms with E-state index in [-0.39, 0.29) is 12.0 Å². The van der Waals surface area contributed by atoms with E-state index in [0.29, 0.717) is 6.61 Å². The summed E-state index contributed by atoms with van der Waals surface area (Å²) in [7, 11) is 0. The molecule has 0 radical (unpaired) electrons. The number of unbranched alkanes of at least 4 members (excludes halogenated alkanes) is 1. The smallest absolute Gasteiger partial charge is 0.328 e. The van der Waals surface area contributed by atoms with E-state index in [1.54, 1.807) is 0 Å². The first-order valence-electron chi connectivity index (χ1n) is 7.73. The van der Waals surface area contributed by atoms with Crippen LogP contribution in [0.15, 0.2) is 24.3 Å². The minimum Gasteiger partial charge on any atom is -0.464 e. The summed E-state index contributed by atoms with van der Waals surface area (Å²) >= 11 is 0. The number of esters is 1. The van der Waals surface area contributed by atoms with Gasteiger partial charge in [0.2, 0.25) is 0 Å². The molecule has 1 atom stereocenters. The Balaban J connectivity index is 2.61. The van der Waals surface area contributed by atoms with Gasteiger partial charge in [0.25, 0.3) is 0 Å². The van der Waals surface area contributed by atoms with Crippen molar-refractivity contribution in [2.45, 2.75) is 58.9 Å². The molecule has 20 heavy (non-hydrogen) atoms. The number of benzene rings is 1.